The number of rotatable bonds is 4. The molecular weight excluding hydrogens is 292 g/mol. The Balaban J connectivity index is 1.92. The fourth-order valence-corrected chi connectivity index (χ4v) is 6.46. The molecule has 110 valence electrons. The summed E-state index contributed by atoms with van der Waals surface area (Å²) in [7, 11) is 2.61. The van der Waals surface area contributed by atoms with Gasteiger partial charge in [-0.05, 0) is 23.5 Å². The number of hydrogen-bond donors (Lipinski definition) is 0. The molecule has 0 radical (unpaired) electrons. The SMILES string of the molecule is PN(C1CCCCC1)P(c1ccccc1)c1ccccc1. The molecule has 0 spiro atoms. The van der Waals surface area contributed by atoms with Gasteiger partial charge in [0.05, 0.1) is 0 Å². The first-order valence-electron chi connectivity index (χ1n) is 7.80. The van der Waals surface area contributed by atoms with Gasteiger partial charge < -0.3 is 0 Å². The number of nitrogens with zero attached hydrogens (tertiary/aromatic N) is 1. The Hall–Kier alpha value is -0.740. The van der Waals surface area contributed by atoms with Crippen LogP contribution in [0.15, 0.2) is 60.7 Å². The summed E-state index contributed by atoms with van der Waals surface area (Å²) in [5.74, 6) is 0. The van der Waals surface area contributed by atoms with Crippen molar-refractivity contribution >= 4 is 28.1 Å². The second-order valence-electron chi connectivity index (χ2n) is 5.65. The first-order valence-corrected chi connectivity index (χ1v) is 9.61. The van der Waals surface area contributed by atoms with Gasteiger partial charge in [0, 0.05) is 14.1 Å². The lowest BCUT2D eigenvalue weighted by Gasteiger charge is -2.37. The minimum absolute atomic E-state index is 0.439. The highest BCUT2D eigenvalue weighted by atomic mass is 31.2. The second kappa shape index (κ2) is 7.50. The monoisotopic (exact) mass is 315 g/mol. The predicted molar refractivity (Wildman–Crippen MR) is 97.5 cm³/mol. The summed E-state index contributed by atoms with van der Waals surface area (Å²) in [5, 5.41) is 2.89. The molecule has 0 heterocycles. The molecule has 3 heteroatoms. The van der Waals surface area contributed by atoms with Crippen LogP contribution in [-0.2, 0) is 0 Å². The van der Waals surface area contributed by atoms with Crippen LogP contribution in [0.2, 0.25) is 0 Å². The Morgan fingerprint density at radius 3 is 1.71 bits per heavy atom. The van der Waals surface area contributed by atoms with E-state index in [2.05, 4.69) is 74.5 Å². The first kappa shape index (κ1) is 15.2. The van der Waals surface area contributed by atoms with E-state index in [0.717, 1.165) is 0 Å². The van der Waals surface area contributed by atoms with Crippen molar-refractivity contribution in [3.8, 4) is 0 Å². The van der Waals surface area contributed by atoms with Gasteiger partial charge in [-0.2, -0.15) is 0 Å². The van der Waals surface area contributed by atoms with Gasteiger partial charge in [0.2, 0.25) is 0 Å². The van der Waals surface area contributed by atoms with Crippen LogP contribution in [0.4, 0.5) is 0 Å². The molecule has 0 aromatic heterocycles. The Kier molecular flexibility index (Phi) is 5.42. The topological polar surface area (TPSA) is 3.24 Å². The molecule has 0 bridgehead atoms. The quantitative estimate of drug-likeness (QED) is 0.753. The standard InChI is InChI=1S/C18H23NP2/c20-19(16-10-4-1-5-11-16)21(17-12-6-2-7-13-17)18-14-8-3-9-15-18/h2-3,6-9,12-16H,1,4-5,10-11,20H2. The van der Waals surface area contributed by atoms with Gasteiger partial charge >= 0.3 is 0 Å². The van der Waals surface area contributed by atoms with Crippen molar-refractivity contribution in [2.45, 2.75) is 38.1 Å². The van der Waals surface area contributed by atoms with Gasteiger partial charge in [0.25, 0.3) is 0 Å². The molecule has 2 aromatic carbocycles. The van der Waals surface area contributed by atoms with Crippen LogP contribution in [-0.4, -0.2) is 10.5 Å². The summed E-state index contributed by atoms with van der Waals surface area (Å²) in [6.07, 6.45) is 6.83. The van der Waals surface area contributed by atoms with Crippen molar-refractivity contribution in [1.29, 1.82) is 0 Å². The average Bonchev–Trinajstić information content (AvgIpc) is 2.58. The van der Waals surface area contributed by atoms with Crippen LogP contribution in [0.1, 0.15) is 32.1 Å². The third kappa shape index (κ3) is 3.72. The van der Waals surface area contributed by atoms with E-state index >= 15 is 0 Å². The maximum absolute atomic E-state index is 3.05. The summed E-state index contributed by atoms with van der Waals surface area (Å²) in [6.45, 7) is 0. The van der Waals surface area contributed by atoms with Crippen molar-refractivity contribution < 1.29 is 0 Å². The summed E-state index contributed by atoms with van der Waals surface area (Å²) in [5.41, 5.74) is 0. The Labute approximate surface area is 131 Å². The van der Waals surface area contributed by atoms with Gasteiger partial charge in [-0.1, -0.05) is 89.3 Å². The lowest BCUT2D eigenvalue weighted by molar-refractivity contribution is 0.358. The molecule has 1 atom stereocenters. The maximum Gasteiger partial charge on any atom is 0.0316 e. The zero-order chi connectivity index (χ0) is 14.5. The van der Waals surface area contributed by atoms with Crippen molar-refractivity contribution in [1.82, 2.24) is 4.44 Å². The molecule has 1 aliphatic carbocycles. The largest absolute Gasteiger partial charge is 0.256 e. The molecule has 0 saturated heterocycles. The van der Waals surface area contributed by atoms with E-state index < -0.39 is 8.07 Å². The normalized spacial score (nSPS) is 16.5. The average molecular weight is 315 g/mol. The molecule has 2 aromatic rings. The highest BCUT2D eigenvalue weighted by Gasteiger charge is 2.26. The van der Waals surface area contributed by atoms with E-state index in [1.807, 2.05) is 0 Å². The van der Waals surface area contributed by atoms with Gasteiger partial charge in [0.15, 0.2) is 0 Å². The van der Waals surface area contributed by atoms with Gasteiger partial charge in [0.1, 0.15) is 0 Å². The fraction of sp³-hybridized carbons (Fsp3) is 0.333. The van der Waals surface area contributed by atoms with Crippen molar-refractivity contribution in [3.05, 3.63) is 60.7 Å². The zero-order valence-corrected chi connectivity index (χ0v) is 14.4. The predicted octanol–water partition coefficient (Wildman–Crippen LogP) is 4.46. The van der Waals surface area contributed by atoms with Crippen LogP contribution in [0, 0.1) is 0 Å². The van der Waals surface area contributed by atoms with Gasteiger partial charge in [-0.15, -0.1) is 0 Å². The minimum Gasteiger partial charge on any atom is -0.256 e. The Bertz CT molecular complexity index is 498. The number of hydrogen-bond acceptors (Lipinski definition) is 1. The molecule has 1 nitrogen and oxygen atoms in total. The lowest BCUT2D eigenvalue weighted by atomic mass is 9.96. The van der Waals surface area contributed by atoms with Gasteiger partial charge in [-0.3, -0.25) is 4.44 Å². The second-order valence-corrected chi connectivity index (χ2v) is 8.76. The van der Waals surface area contributed by atoms with E-state index in [1.54, 1.807) is 0 Å². The Morgan fingerprint density at radius 2 is 1.24 bits per heavy atom. The van der Waals surface area contributed by atoms with Crippen molar-refractivity contribution in [2.75, 3.05) is 0 Å². The van der Waals surface area contributed by atoms with E-state index in [1.165, 1.54) is 42.7 Å². The molecule has 0 N–H and O–H groups in total. The summed E-state index contributed by atoms with van der Waals surface area (Å²) in [6, 6.07) is 22.7. The van der Waals surface area contributed by atoms with E-state index in [4.69, 9.17) is 0 Å². The smallest absolute Gasteiger partial charge is 0.0316 e. The molecule has 21 heavy (non-hydrogen) atoms. The molecule has 1 unspecified atom stereocenters. The molecule has 0 amide bonds. The third-order valence-corrected chi connectivity index (χ3v) is 7.66. The maximum atomic E-state index is 3.05. The zero-order valence-electron chi connectivity index (χ0n) is 12.4. The molecule has 0 aliphatic heterocycles. The van der Waals surface area contributed by atoms with Crippen molar-refractivity contribution in [2.24, 2.45) is 0 Å². The van der Waals surface area contributed by atoms with E-state index in [9.17, 15) is 0 Å². The first-order chi connectivity index (χ1) is 10.4. The summed E-state index contributed by atoms with van der Waals surface area (Å²) < 4.78 is 2.58. The summed E-state index contributed by atoms with van der Waals surface area (Å²) >= 11 is 0. The highest BCUT2D eigenvalue weighted by Crippen LogP contribution is 2.45. The molecule has 1 fully saturated rings. The van der Waals surface area contributed by atoms with Crippen LogP contribution in [0.25, 0.3) is 0 Å². The van der Waals surface area contributed by atoms with E-state index in [0.29, 0.717) is 6.04 Å². The molecular formula is C18H23NP2. The van der Waals surface area contributed by atoms with Crippen LogP contribution >= 0.6 is 17.5 Å². The van der Waals surface area contributed by atoms with Gasteiger partial charge in [-0.25, -0.2) is 0 Å². The molecule has 1 saturated carbocycles. The summed E-state index contributed by atoms with van der Waals surface area (Å²) in [4.78, 5) is 0. The van der Waals surface area contributed by atoms with E-state index in [-0.39, 0.29) is 0 Å². The molecule has 1 aliphatic rings. The fourth-order valence-electron chi connectivity index (χ4n) is 3.06. The molecule has 3 rings (SSSR count). The highest BCUT2D eigenvalue weighted by molar-refractivity contribution is 7.74. The lowest BCUT2D eigenvalue weighted by Crippen LogP contribution is -2.31. The minimum atomic E-state index is -0.439. The van der Waals surface area contributed by atoms with Crippen LogP contribution in [0.5, 0.6) is 0 Å². The Morgan fingerprint density at radius 1 is 0.762 bits per heavy atom. The van der Waals surface area contributed by atoms with Crippen molar-refractivity contribution in [3.63, 3.8) is 0 Å². The van der Waals surface area contributed by atoms with Crippen LogP contribution in [0.3, 0.4) is 0 Å². The third-order valence-electron chi connectivity index (χ3n) is 4.18. The number of benzene rings is 2. The van der Waals surface area contributed by atoms with Crippen LogP contribution < -0.4 is 10.6 Å².